The van der Waals surface area contributed by atoms with Crippen molar-refractivity contribution in [2.75, 3.05) is 26.4 Å². The van der Waals surface area contributed by atoms with Crippen LogP contribution in [0.2, 0.25) is 0 Å². The van der Waals surface area contributed by atoms with Crippen molar-refractivity contribution in [2.24, 2.45) is 5.73 Å². The number of hydrogen-bond acceptors (Lipinski definition) is 7. The molecule has 36 heavy (non-hydrogen) atoms. The second kappa shape index (κ2) is 12.3. The molecule has 2 aromatic heterocycles. The first kappa shape index (κ1) is 25.4. The molecule has 0 bridgehead atoms. The van der Waals surface area contributed by atoms with Gasteiger partial charge in [-0.25, -0.2) is 9.37 Å². The van der Waals surface area contributed by atoms with Gasteiger partial charge in [0, 0.05) is 47.3 Å². The Morgan fingerprint density at radius 1 is 1.00 bits per heavy atom. The minimum absolute atomic E-state index is 0.174. The maximum Gasteiger partial charge on any atom is 0.248 e. The predicted molar refractivity (Wildman–Crippen MR) is 135 cm³/mol. The van der Waals surface area contributed by atoms with Crippen LogP contribution in [0.5, 0.6) is 5.88 Å². The van der Waals surface area contributed by atoms with Crippen molar-refractivity contribution >= 4 is 27.6 Å². The highest BCUT2D eigenvalue weighted by Crippen LogP contribution is 2.30. The normalized spacial score (nSPS) is 11.3. The summed E-state index contributed by atoms with van der Waals surface area (Å²) in [6, 6.07) is 11.6. The lowest BCUT2D eigenvalue weighted by molar-refractivity contribution is 0.0966. The maximum atomic E-state index is 13.5. The van der Waals surface area contributed by atoms with Crippen LogP contribution >= 0.6 is 0 Å². The average Bonchev–Trinajstić information content (AvgIpc) is 2.89. The molecule has 1 amide bonds. The highest BCUT2D eigenvalue weighted by Gasteiger charge is 2.11. The number of carbonyl (C=O) groups is 1. The van der Waals surface area contributed by atoms with E-state index < -0.39 is 5.91 Å². The Hall–Kier alpha value is -3.66. The number of aliphatic hydroxyl groups is 1. The third-order valence-corrected chi connectivity index (χ3v) is 5.73. The molecule has 4 rings (SSSR count). The quantitative estimate of drug-likeness (QED) is 0.193. The molecule has 188 valence electrons. The molecule has 0 saturated heterocycles. The predicted octanol–water partition coefficient (Wildman–Crippen LogP) is 3.48. The highest BCUT2D eigenvalue weighted by atomic mass is 19.1. The fraction of sp³-hybridized carbons (Fsp3) is 0.296. The number of carbonyl (C=O) groups excluding carboxylic acids is 1. The van der Waals surface area contributed by atoms with Crippen LogP contribution < -0.4 is 15.8 Å². The lowest BCUT2D eigenvalue weighted by Crippen LogP contribution is -2.16. The van der Waals surface area contributed by atoms with Gasteiger partial charge in [0.25, 0.3) is 0 Å². The number of unbranched alkanes of at least 4 members (excludes halogenated alkanes) is 1. The Balaban J connectivity index is 1.20. The van der Waals surface area contributed by atoms with E-state index in [-0.39, 0.29) is 12.4 Å². The first-order valence-corrected chi connectivity index (χ1v) is 11.8. The summed E-state index contributed by atoms with van der Waals surface area (Å²) in [6.45, 7) is 2.48. The van der Waals surface area contributed by atoms with Gasteiger partial charge in [-0.3, -0.25) is 9.78 Å². The molecule has 0 aliphatic heterocycles. The third-order valence-electron chi connectivity index (χ3n) is 5.73. The molecule has 0 spiro atoms. The Morgan fingerprint density at radius 2 is 1.86 bits per heavy atom. The zero-order valence-corrected chi connectivity index (χ0v) is 19.9. The van der Waals surface area contributed by atoms with Crippen LogP contribution in [0.1, 0.15) is 34.3 Å². The molecule has 9 heteroatoms. The van der Waals surface area contributed by atoms with Crippen LogP contribution in [0.4, 0.5) is 4.39 Å². The van der Waals surface area contributed by atoms with E-state index in [0.717, 1.165) is 41.1 Å². The number of ether oxygens (including phenoxy) is 2. The summed E-state index contributed by atoms with van der Waals surface area (Å²) >= 11 is 0. The van der Waals surface area contributed by atoms with Crippen LogP contribution in [0, 0.1) is 5.82 Å². The van der Waals surface area contributed by atoms with Gasteiger partial charge >= 0.3 is 0 Å². The van der Waals surface area contributed by atoms with Gasteiger partial charge in [0.05, 0.1) is 18.7 Å². The molecule has 4 aromatic rings. The molecule has 0 unspecified atom stereocenters. The number of hydrogen-bond donors (Lipinski definition) is 3. The smallest absolute Gasteiger partial charge is 0.248 e. The number of pyridine rings is 2. The monoisotopic (exact) mass is 492 g/mol. The highest BCUT2D eigenvalue weighted by molar-refractivity contribution is 6.09. The van der Waals surface area contributed by atoms with E-state index in [0.29, 0.717) is 48.9 Å². The SMILES string of the molecule is NC(=O)c1ccc2c(c1)nc(OCCOCCCCNCc1cc(F)cc(CO)c1)c1ccncc12. The number of nitrogens with two attached hydrogens (primary N) is 1. The molecule has 0 atom stereocenters. The first-order valence-electron chi connectivity index (χ1n) is 11.8. The van der Waals surface area contributed by atoms with Gasteiger partial charge in [-0.15, -0.1) is 0 Å². The van der Waals surface area contributed by atoms with E-state index in [1.807, 2.05) is 12.1 Å². The van der Waals surface area contributed by atoms with E-state index in [9.17, 15) is 9.18 Å². The Bertz CT molecular complexity index is 1350. The van der Waals surface area contributed by atoms with Crippen LogP contribution in [0.15, 0.2) is 54.9 Å². The lowest BCUT2D eigenvalue weighted by atomic mass is 10.1. The summed E-state index contributed by atoms with van der Waals surface area (Å²) in [6.07, 6.45) is 5.22. The summed E-state index contributed by atoms with van der Waals surface area (Å²) in [7, 11) is 0. The van der Waals surface area contributed by atoms with Crippen molar-refractivity contribution in [1.29, 1.82) is 0 Å². The van der Waals surface area contributed by atoms with Crippen LogP contribution in [-0.2, 0) is 17.9 Å². The number of nitrogens with one attached hydrogen (secondary N) is 1. The van der Waals surface area contributed by atoms with E-state index in [1.165, 1.54) is 12.1 Å². The Kier molecular flexibility index (Phi) is 8.72. The number of halogens is 1. The van der Waals surface area contributed by atoms with Crippen LogP contribution in [-0.4, -0.2) is 47.3 Å². The zero-order chi connectivity index (χ0) is 25.3. The summed E-state index contributed by atoms with van der Waals surface area (Å²) in [5.74, 6) is -0.398. The largest absolute Gasteiger partial charge is 0.475 e. The summed E-state index contributed by atoms with van der Waals surface area (Å²) in [4.78, 5) is 20.4. The molecular weight excluding hydrogens is 463 g/mol. The maximum absolute atomic E-state index is 13.5. The zero-order valence-electron chi connectivity index (χ0n) is 19.9. The standard InChI is InChI=1S/C27H29FN4O4/c28-21-12-18(11-19(13-21)17-33)15-30-6-1-2-8-35-9-10-36-27-23-5-7-31-16-24(23)22-4-3-20(26(29)34)14-25(22)32-27/h3-5,7,11-14,16,30,33H,1-2,6,8-10,15,17H2,(H2,29,34). The minimum Gasteiger partial charge on any atom is -0.475 e. The number of rotatable bonds is 13. The number of amides is 1. The Labute approximate surface area is 208 Å². The van der Waals surface area contributed by atoms with Gasteiger partial charge in [-0.1, -0.05) is 12.1 Å². The van der Waals surface area contributed by atoms with Crippen molar-refractivity contribution in [3.63, 3.8) is 0 Å². The molecule has 0 aliphatic rings. The van der Waals surface area contributed by atoms with Gasteiger partial charge < -0.3 is 25.6 Å². The first-order chi connectivity index (χ1) is 17.5. The molecular formula is C27H29FN4O4. The summed E-state index contributed by atoms with van der Waals surface area (Å²) in [5.41, 5.74) is 7.78. The van der Waals surface area contributed by atoms with Crippen molar-refractivity contribution in [3.05, 3.63) is 77.4 Å². The number of benzene rings is 2. The van der Waals surface area contributed by atoms with E-state index in [1.54, 1.807) is 30.6 Å². The third kappa shape index (κ3) is 6.51. The van der Waals surface area contributed by atoms with Crippen molar-refractivity contribution in [3.8, 4) is 5.88 Å². The molecule has 4 N–H and O–H groups in total. The number of aliphatic hydroxyl groups excluding tert-OH is 1. The average molecular weight is 493 g/mol. The topological polar surface area (TPSA) is 120 Å². The van der Waals surface area contributed by atoms with Gasteiger partial charge in [0.2, 0.25) is 11.8 Å². The molecule has 2 aromatic carbocycles. The van der Waals surface area contributed by atoms with Crippen molar-refractivity contribution in [1.82, 2.24) is 15.3 Å². The van der Waals surface area contributed by atoms with Crippen molar-refractivity contribution < 1.29 is 23.8 Å². The van der Waals surface area contributed by atoms with Gasteiger partial charge in [-0.05, 0) is 60.8 Å². The van der Waals surface area contributed by atoms with E-state index in [2.05, 4.69) is 15.3 Å². The van der Waals surface area contributed by atoms with Crippen molar-refractivity contribution in [2.45, 2.75) is 26.0 Å². The Morgan fingerprint density at radius 3 is 2.69 bits per heavy atom. The van der Waals surface area contributed by atoms with Gasteiger partial charge in [-0.2, -0.15) is 0 Å². The second-order valence-corrected chi connectivity index (χ2v) is 8.40. The lowest BCUT2D eigenvalue weighted by Gasteiger charge is -2.11. The van der Waals surface area contributed by atoms with Gasteiger partial charge in [0.1, 0.15) is 12.4 Å². The molecule has 8 nitrogen and oxygen atoms in total. The number of primary amides is 1. The molecule has 0 aliphatic carbocycles. The second-order valence-electron chi connectivity index (χ2n) is 8.40. The van der Waals surface area contributed by atoms with E-state index >= 15 is 0 Å². The fourth-order valence-corrected chi connectivity index (χ4v) is 3.98. The minimum atomic E-state index is -0.513. The number of fused-ring (bicyclic) bond motifs is 3. The van der Waals surface area contributed by atoms with Gasteiger partial charge in [0.15, 0.2) is 0 Å². The number of aromatic nitrogens is 2. The van der Waals surface area contributed by atoms with Crippen LogP contribution in [0.25, 0.3) is 21.7 Å². The van der Waals surface area contributed by atoms with E-state index in [4.69, 9.17) is 20.3 Å². The molecule has 0 saturated carbocycles. The number of nitrogens with zero attached hydrogens (tertiary/aromatic N) is 2. The van der Waals surface area contributed by atoms with Crippen LogP contribution in [0.3, 0.4) is 0 Å². The molecule has 0 radical (unpaired) electrons. The summed E-state index contributed by atoms with van der Waals surface area (Å²) < 4.78 is 25.1. The summed E-state index contributed by atoms with van der Waals surface area (Å²) in [5, 5.41) is 15.0. The molecule has 0 fully saturated rings. The fourth-order valence-electron chi connectivity index (χ4n) is 3.98. The molecule has 2 heterocycles.